The quantitative estimate of drug-likeness (QED) is 0.688. The Morgan fingerprint density at radius 1 is 1.64 bits per heavy atom. The van der Waals surface area contributed by atoms with Crippen molar-refractivity contribution < 1.29 is 9.90 Å². The van der Waals surface area contributed by atoms with Crippen LogP contribution in [0.25, 0.3) is 5.65 Å². The first kappa shape index (κ1) is 8.64. The number of rotatable bonds is 2. The van der Waals surface area contributed by atoms with E-state index >= 15 is 0 Å². The van der Waals surface area contributed by atoms with Gasteiger partial charge in [0.1, 0.15) is 12.4 Å². The second-order valence-electron chi connectivity index (χ2n) is 2.87. The van der Waals surface area contributed by atoms with Gasteiger partial charge in [-0.15, -0.1) is 10.2 Å². The van der Waals surface area contributed by atoms with E-state index in [-0.39, 0.29) is 0 Å². The van der Waals surface area contributed by atoms with Gasteiger partial charge in [0.05, 0.1) is 0 Å². The van der Waals surface area contributed by atoms with E-state index in [1.54, 1.807) is 22.7 Å². The minimum absolute atomic E-state index is 0.512. The molecule has 0 amide bonds. The number of nitrogens with zero attached hydrogens (tertiary/aromatic N) is 3. The SMILES string of the molecule is NC(C(=O)O)c1ccn2cnnc2c1. The van der Waals surface area contributed by atoms with Gasteiger partial charge in [-0.05, 0) is 17.7 Å². The molecule has 0 bridgehead atoms. The lowest BCUT2D eigenvalue weighted by molar-refractivity contribution is -0.138. The van der Waals surface area contributed by atoms with Crippen LogP contribution in [0.4, 0.5) is 0 Å². The average Bonchev–Trinajstić information content (AvgIpc) is 2.62. The van der Waals surface area contributed by atoms with Gasteiger partial charge in [-0.1, -0.05) is 0 Å². The molecule has 2 heterocycles. The molecule has 0 radical (unpaired) electrons. The Kier molecular flexibility index (Phi) is 1.90. The second kappa shape index (κ2) is 3.08. The van der Waals surface area contributed by atoms with Crippen LogP contribution < -0.4 is 5.73 Å². The van der Waals surface area contributed by atoms with E-state index in [0.717, 1.165) is 0 Å². The van der Waals surface area contributed by atoms with Gasteiger partial charge in [0, 0.05) is 6.20 Å². The second-order valence-corrected chi connectivity index (χ2v) is 2.87. The maximum Gasteiger partial charge on any atom is 0.325 e. The number of aromatic nitrogens is 3. The number of hydrogen-bond acceptors (Lipinski definition) is 4. The van der Waals surface area contributed by atoms with Crippen molar-refractivity contribution in [2.24, 2.45) is 5.73 Å². The largest absolute Gasteiger partial charge is 0.480 e. The van der Waals surface area contributed by atoms with E-state index in [1.807, 2.05) is 0 Å². The first-order valence-corrected chi connectivity index (χ1v) is 3.96. The van der Waals surface area contributed by atoms with E-state index in [2.05, 4.69) is 10.2 Å². The first-order chi connectivity index (χ1) is 6.68. The molecule has 0 aliphatic rings. The number of fused-ring (bicyclic) bond motifs is 1. The van der Waals surface area contributed by atoms with Crippen LogP contribution >= 0.6 is 0 Å². The summed E-state index contributed by atoms with van der Waals surface area (Å²) in [4.78, 5) is 10.6. The van der Waals surface area contributed by atoms with Gasteiger partial charge in [0.15, 0.2) is 5.65 Å². The van der Waals surface area contributed by atoms with Gasteiger partial charge in [0.25, 0.3) is 0 Å². The topological polar surface area (TPSA) is 93.5 Å². The van der Waals surface area contributed by atoms with Crippen LogP contribution in [0.1, 0.15) is 11.6 Å². The number of hydrogen-bond donors (Lipinski definition) is 2. The van der Waals surface area contributed by atoms with E-state index in [0.29, 0.717) is 11.2 Å². The maximum absolute atomic E-state index is 10.6. The van der Waals surface area contributed by atoms with Crippen LogP contribution in [0.5, 0.6) is 0 Å². The molecule has 72 valence electrons. The summed E-state index contributed by atoms with van der Waals surface area (Å²) in [6.07, 6.45) is 3.21. The minimum atomic E-state index is -1.06. The van der Waals surface area contributed by atoms with Crippen molar-refractivity contribution in [2.75, 3.05) is 0 Å². The fourth-order valence-electron chi connectivity index (χ4n) is 1.17. The normalized spacial score (nSPS) is 12.9. The smallest absolute Gasteiger partial charge is 0.325 e. The molecule has 1 unspecified atom stereocenters. The zero-order chi connectivity index (χ0) is 10.1. The summed E-state index contributed by atoms with van der Waals surface area (Å²) in [5, 5.41) is 16.1. The third kappa shape index (κ3) is 1.31. The molecule has 14 heavy (non-hydrogen) atoms. The number of nitrogens with two attached hydrogens (primary N) is 1. The molecule has 6 heteroatoms. The molecule has 2 aromatic rings. The fraction of sp³-hybridized carbons (Fsp3) is 0.125. The monoisotopic (exact) mass is 192 g/mol. The maximum atomic E-state index is 10.6. The van der Waals surface area contributed by atoms with Crippen molar-refractivity contribution >= 4 is 11.6 Å². The van der Waals surface area contributed by atoms with Crippen LogP contribution in [0.15, 0.2) is 24.7 Å². The van der Waals surface area contributed by atoms with Crippen LogP contribution in [0, 0.1) is 0 Å². The van der Waals surface area contributed by atoms with Crippen molar-refractivity contribution in [2.45, 2.75) is 6.04 Å². The molecule has 2 aromatic heterocycles. The summed E-state index contributed by atoms with van der Waals surface area (Å²) >= 11 is 0. The Morgan fingerprint density at radius 3 is 3.14 bits per heavy atom. The lowest BCUT2D eigenvalue weighted by Crippen LogP contribution is -2.20. The molecular formula is C8H8N4O2. The lowest BCUT2D eigenvalue weighted by atomic mass is 10.1. The summed E-state index contributed by atoms with van der Waals surface area (Å²) in [7, 11) is 0. The summed E-state index contributed by atoms with van der Waals surface area (Å²) in [6.45, 7) is 0. The number of carboxylic acid groups (broad SMARTS) is 1. The predicted octanol–water partition coefficient (Wildman–Crippen LogP) is -0.186. The van der Waals surface area contributed by atoms with Crippen molar-refractivity contribution in [1.29, 1.82) is 0 Å². The Bertz CT molecular complexity index is 479. The zero-order valence-electron chi connectivity index (χ0n) is 7.16. The summed E-state index contributed by atoms with van der Waals surface area (Å²) in [6, 6.07) is 2.22. The Hall–Kier alpha value is -1.95. The molecule has 0 spiro atoms. The summed E-state index contributed by atoms with van der Waals surface area (Å²) in [5.74, 6) is -1.06. The number of aliphatic carboxylic acids is 1. The number of carboxylic acids is 1. The molecule has 0 aromatic carbocycles. The molecule has 1 atom stereocenters. The van der Waals surface area contributed by atoms with Crippen molar-refractivity contribution in [3.05, 3.63) is 30.2 Å². The first-order valence-electron chi connectivity index (χ1n) is 3.96. The summed E-state index contributed by atoms with van der Waals surface area (Å²) < 4.78 is 1.68. The van der Waals surface area contributed by atoms with Gasteiger partial charge in [-0.25, -0.2) is 0 Å². The molecule has 0 fully saturated rings. The highest BCUT2D eigenvalue weighted by Crippen LogP contribution is 2.11. The minimum Gasteiger partial charge on any atom is -0.480 e. The van der Waals surface area contributed by atoms with Crippen LogP contribution in [-0.4, -0.2) is 25.7 Å². The van der Waals surface area contributed by atoms with Gasteiger partial charge in [-0.3, -0.25) is 9.20 Å². The predicted molar refractivity (Wildman–Crippen MR) is 47.6 cm³/mol. The standard InChI is InChI=1S/C8H8N4O2/c9-7(8(13)14)5-1-2-12-4-10-11-6(12)3-5/h1-4,7H,9H2,(H,13,14). The molecule has 3 N–H and O–H groups in total. The molecule has 0 aliphatic heterocycles. The van der Waals surface area contributed by atoms with E-state index in [9.17, 15) is 4.79 Å². The lowest BCUT2D eigenvalue weighted by Gasteiger charge is -2.05. The third-order valence-electron chi connectivity index (χ3n) is 1.95. The molecule has 0 aliphatic carbocycles. The Morgan fingerprint density at radius 2 is 2.43 bits per heavy atom. The van der Waals surface area contributed by atoms with E-state index in [1.165, 1.54) is 6.33 Å². The molecule has 0 saturated heterocycles. The number of pyridine rings is 1. The zero-order valence-corrected chi connectivity index (χ0v) is 7.16. The van der Waals surface area contributed by atoms with Crippen LogP contribution in [0.2, 0.25) is 0 Å². The fourth-order valence-corrected chi connectivity index (χ4v) is 1.17. The molecule has 0 saturated carbocycles. The Balaban J connectivity index is 2.48. The van der Waals surface area contributed by atoms with Gasteiger partial charge >= 0.3 is 5.97 Å². The van der Waals surface area contributed by atoms with Crippen molar-refractivity contribution in [3.8, 4) is 0 Å². The van der Waals surface area contributed by atoms with E-state index < -0.39 is 12.0 Å². The van der Waals surface area contributed by atoms with Gasteiger partial charge in [-0.2, -0.15) is 0 Å². The molecular weight excluding hydrogens is 184 g/mol. The highest BCUT2D eigenvalue weighted by atomic mass is 16.4. The van der Waals surface area contributed by atoms with Gasteiger partial charge < -0.3 is 10.8 Å². The van der Waals surface area contributed by atoms with Crippen LogP contribution in [0.3, 0.4) is 0 Å². The van der Waals surface area contributed by atoms with Crippen LogP contribution in [-0.2, 0) is 4.79 Å². The average molecular weight is 192 g/mol. The number of carbonyl (C=O) groups is 1. The van der Waals surface area contributed by atoms with Crippen molar-refractivity contribution in [1.82, 2.24) is 14.6 Å². The molecule has 2 rings (SSSR count). The highest BCUT2D eigenvalue weighted by Gasteiger charge is 2.14. The van der Waals surface area contributed by atoms with Crippen molar-refractivity contribution in [3.63, 3.8) is 0 Å². The highest BCUT2D eigenvalue weighted by molar-refractivity contribution is 5.75. The van der Waals surface area contributed by atoms with Gasteiger partial charge in [0.2, 0.25) is 0 Å². The third-order valence-corrected chi connectivity index (χ3v) is 1.95. The summed E-state index contributed by atoms with van der Waals surface area (Å²) in [5.41, 5.74) is 6.54. The molecule has 6 nitrogen and oxygen atoms in total. The Labute approximate surface area is 79.0 Å². The van der Waals surface area contributed by atoms with E-state index in [4.69, 9.17) is 10.8 Å².